The quantitative estimate of drug-likeness (QED) is 0.268. The molecule has 1 aromatic heterocycles. The number of carbonyl (C=O) groups excluding carboxylic acids is 1. The lowest BCUT2D eigenvalue weighted by Crippen LogP contribution is -2.54. The monoisotopic (exact) mass is 667 g/mol. The molecule has 3 N–H and O–H groups in total. The van der Waals surface area contributed by atoms with Crippen molar-refractivity contribution in [2.45, 2.75) is 75.9 Å². The van der Waals surface area contributed by atoms with Crippen molar-refractivity contribution in [3.8, 4) is 5.75 Å². The number of halogens is 1. The van der Waals surface area contributed by atoms with Crippen molar-refractivity contribution in [3.63, 3.8) is 0 Å². The van der Waals surface area contributed by atoms with Crippen LogP contribution in [0.15, 0.2) is 47.5 Å². The van der Waals surface area contributed by atoms with E-state index in [4.69, 9.17) is 16.3 Å². The summed E-state index contributed by atoms with van der Waals surface area (Å²) in [6.45, 7) is 12.1. The van der Waals surface area contributed by atoms with E-state index in [9.17, 15) is 13.2 Å². The number of hydrogen-bond acceptors (Lipinski definition) is 10. The molecule has 0 unspecified atom stereocenters. The first-order valence-electron chi connectivity index (χ1n) is 15.9. The number of benzene rings is 2. The van der Waals surface area contributed by atoms with Crippen molar-refractivity contribution in [1.29, 1.82) is 0 Å². The van der Waals surface area contributed by atoms with Gasteiger partial charge in [0.1, 0.15) is 10.8 Å². The van der Waals surface area contributed by atoms with Crippen LogP contribution in [0.25, 0.3) is 0 Å². The Hall–Kier alpha value is -3.45. The SMILES string of the molecule is CC(C)Oc1cc2c(cc1Nc1ncc(Cl)c(Nc3ccccc3S(=O)(=O)C(C)C)n1)CN(C1CCN(C(=O)C3CNC3)CC1)C2. The van der Waals surface area contributed by atoms with Gasteiger partial charge in [-0.2, -0.15) is 4.98 Å². The molecule has 0 bridgehead atoms. The lowest BCUT2D eigenvalue weighted by Gasteiger charge is -2.39. The van der Waals surface area contributed by atoms with E-state index in [1.54, 1.807) is 38.1 Å². The van der Waals surface area contributed by atoms with Crippen LogP contribution < -0.4 is 20.7 Å². The van der Waals surface area contributed by atoms with Gasteiger partial charge in [0.05, 0.1) is 39.7 Å². The number of carbonyl (C=O) groups is 1. The third-order valence-corrected chi connectivity index (χ3v) is 11.4. The Morgan fingerprint density at radius 1 is 1.02 bits per heavy atom. The summed E-state index contributed by atoms with van der Waals surface area (Å²) >= 11 is 6.48. The molecule has 6 rings (SSSR count). The van der Waals surface area contributed by atoms with Crippen molar-refractivity contribution in [2.24, 2.45) is 5.92 Å². The first kappa shape index (κ1) is 32.5. The van der Waals surface area contributed by atoms with Crippen LogP contribution >= 0.6 is 11.6 Å². The minimum absolute atomic E-state index is 0.0494. The average Bonchev–Trinajstić information content (AvgIpc) is 3.41. The van der Waals surface area contributed by atoms with Crippen LogP contribution in [0.2, 0.25) is 5.02 Å². The molecule has 46 heavy (non-hydrogen) atoms. The predicted octanol–water partition coefficient (Wildman–Crippen LogP) is 5.11. The number of para-hydroxylation sites is 1. The zero-order chi connectivity index (χ0) is 32.6. The van der Waals surface area contributed by atoms with E-state index >= 15 is 0 Å². The van der Waals surface area contributed by atoms with Crippen LogP contribution in [0.3, 0.4) is 0 Å². The summed E-state index contributed by atoms with van der Waals surface area (Å²) < 4.78 is 32.2. The zero-order valence-electron chi connectivity index (χ0n) is 26.7. The number of sulfone groups is 1. The largest absolute Gasteiger partial charge is 0.489 e. The van der Waals surface area contributed by atoms with E-state index in [0.717, 1.165) is 57.8 Å². The number of ether oxygens (including phenoxy) is 1. The summed E-state index contributed by atoms with van der Waals surface area (Å²) in [6.07, 6.45) is 3.37. The highest BCUT2D eigenvalue weighted by Crippen LogP contribution is 2.38. The number of nitrogens with zero attached hydrogens (tertiary/aromatic N) is 4. The van der Waals surface area contributed by atoms with Crippen molar-refractivity contribution in [3.05, 3.63) is 58.7 Å². The molecule has 0 atom stereocenters. The van der Waals surface area contributed by atoms with Gasteiger partial charge in [-0.3, -0.25) is 9.69 Å². The van der Waals surface area contributed by atoms with E-state index < -0.39 is 15.1 Å². The zero-order valence-corrected chi connectivity index (χ0v) is 28.3. The molecule has 13 heteroatoms. The Bertz CT molecular complexity index is 1710. The number of rotatable bonds is 10. The molecule has 0 spiro atoms. The molecule has 2 saturated heterocycles. The lowest BCUT2D eigenvalue weighted by atomic mass is 9.98. The van der Waals surface area contributed by atoms with E-state index in [0.29, 0.717) is 29.3 Å². The van der Waals surface area contributed by atoms with Gasteiger partial charge in [-0.25, -0.2) is 13.4 Å². The summed E-state index contributed by atoms with van der Waals surface area (Å²) in [4.78, 5) is 26.5. The van der Waals surface area contributed by atoms with Gasteiger partial charge in [-0.15, -0.1) is 0 Å². The molecule has 2 fully saturated rings. The second-order valence-electron chi connectivity index (χ2n) is 12.8. The molecule has 3 aliphatic rings. The summed E-state index contributed by atoms with van der Waals surface area (Å²) in [7, 11) is -3.55. The van der Waals surface area contributed by atoms with Gasteiger partial charge in [0.2, 0.25) is 11.9 Å². The van der Waals surface area contributed by atoms with Gasteiger partial charge in [0.25, 0.3) is 0 Å². The van der Waals surface area contributed by atoms with Gasteiger partial charge in [-0.05, 0) is 75.9 Å². The number of amides is 1. The molecule has 3 aromatic rings. The fraction of sp³-hybridized carbons (Fsp3) is 0.485. The highest BCUT2D eigenvalue weighted by atomic mass is 35.5. The smallest absolute Gasteiger partial charge is 0.229 e. The molecular weight excluding hydrogens is 626 g/mol. The Kier molecular flexibility index (Phi) is 9.43. The Morgan fingerprint density at radius 3 is 2.37 bits per heavy atom. The number of hydrogen-bond donors (Lipinski definition) is 3. The van der Waals surface area contributed by atoms with Crippen LogP contribution in [-0.2, 0) is 27.7 Å². The number of likely N-dealkylation sites (tertiary alicyclic amines) is 1. The lowest BCUT2D eigenvalue weighted by molar-refractivity contribution is -0.138. The first-order chi connectivity index (χ1) is 22.0. The standard InChI is InChI=1S/C33H42ClN7O4S/c1-20(2)45-29-14-23-19-41(25-9-11-40(12-10-25)32(42)24-15-35-16-24)18-22(23)13-28(29)38-33-36-17-26(34)31(39-33)37-27-7-5-6-8-30(27)46(43,44)21(3)4/h5-8,13-14,17,20-21,24-25,35H,9-12,15-16,18-19H2,1-4H3,(H2,36,37,38,39). The number of piperidine rings is 1. The first-order valence-corrected chi connectivity index (χ1v) is 17.9. The fourth-order valence-electron chi connectivity index (χ4n) is 6.17. The van der Waals surface area contributed by atoms with Crippen molar-refractivity contribution >= 4 is 50.5 Å². The number of nitrogens with one attached hydrogen (secondary N) is 3. The molecule has 0 aliphatic carbocycles. The minimum atomic E-state index is -3.55. The van der Waals surface area contributed by atoms with Crippen molar-refractivity contribution in [2.75, 3.05) is 36.8 Å². The van der Waals surface area contributed by atoms with Gasteiger partial charge >= 0.3 is 0 Å². The summed E-state index contributed by atoms with van der Waals surface area (Å²) in [6, 6.07) is 11.3. The van der Waals surface area contributed by atoms with Crippen LogP contribution in [0.4, 0.5) is 23.1 Å². The Labute approximate surface area is 276 Å². The second-order valence-corrected chi connectivity index (χ2v) is 15.7. The van der Waals surface area contributed by atoms with Crippen molar-refractivity contribution in [1.82, 2.24) is 25.1 Å². The highest BCUT2D eigenvalue weighted by molar-refractivity contribution is 7.92. The molecule has 3 aliphatic heterocycles. The maximum absolute atomic E-state index is 13.0. The fourth-order valence-corrected chi connectivity index (χ4v) is 7.51. The normalized spacial score (nSPS) is 17.7. The molecule has 2 aromatic carbocycles. The van der Waals surface area contributed by atoms with Gasteiger partial charge in [-0.1, -0.05) is 23.7 Å². The molecule has 0 saturated carbocycles. The van der Waals surface area contributed by atoms with Crippen LogP contribution in [-0.4, -0.2) is 77.7 Å². The molecule has 4 heterocycles. The Balaban J connectivity index is 1.19. The summed E-state index contributed by atoms with van der Waals surface area (Å²) in [5.74, 6) is 1.71. The molecule has 1 amide bonds. The predicted molar refractivity (Wildman–Crippen MR) is 180 cm³/mol. The third kappa shape index (κ3) is 6.80. The van der Waals surface area contributed by atoms with E-state index in [-0.39, 0.29) is 27.8 Å². The maximum atomic E-state index is 13.0. The van der Waals surface area contributed by atoms with Gasteiger partial charge < -0.3 is 25.6 Å². The minimum Gasteiger partial charge on any atom is -0.489 e. The van der Waals surface area contributed by atoms with E-state index in [2.05, 4.69) is 43.0 Å². The van der Waals surface area contributed by atoms with Crippen LogP contribution in [0.1, 0.15) is 51.7 Å². The number of fused-ring (bicyclic) bond motifs is 1. The van der Waals surface area contributed by atoms with Crippen LogP contribution in [0, 0.1) is 5.92 Å². The van der Waals surface area contributed by atoms with Crippen LogP contribution in [0.5, 0.6) is 5.75 Å². The number of anilines is 4. The molecule has 11 nitrogen and oxygen atoms in total. The molecule has 246 valence electrons. The Morgan fingerprint density at radius 2 is 1.72 bits per heavy atom. The van der Waals surface area contributed by atoms with E-state index in [1.807, 2.05) is 18.7 Å². The van der Waals surface area contributed by atoms with E-state index in [1.165, 1.54) is 17.3 Å². The number of aromatic nitrogens is 2. The highest BCUT2D eigenvalue weighted by Gasteiger charge is 2.35. The summed E-state index contributed by atoms with van der Waals surface area (Å²) in [5.41, 5.74) is 3.56. The topological polar surface area (TPSA) is 129 Å². The summed E-state index contributed by atoms with van der Waals surface area (Å²) in [5, 5.41) is 9.30. The molecular formula is C33H42ClN7O4S. The second kappa shape index (κ2) is 13.3. The molecule has 0 radical (unpaired) electrons. The average molecular weight is 668 g/mol. The third-order valence-electron chi connectivity index (χ3n) is 8.89. The van der Waals surface area contributed by atoms with Gasteiger partial charge in [0, 0.05) is 45.3 Å². The van der Waals surface area contributed by atoms with Crippen molar-refractivity contribution < 1.29 is 17.9 Å². The maximum Gasteiger partial charge on any atom is 0.229 e. The van der Waals surface area contributed by atoms with Gasteiger partial charge in [0.15, 0.2) is 15.7 Å².